The molecule has 1 fully saturated rings. The molecule has 3 N–H and O–H groups in total. The molecular formula is C17H23N3O. The first-order valence-corrected chi connectivity index (χ1v) is 7.61. The predicted molar refractivity (Wildman–Crippen MR) is 85.4 cm³/mol. The second-order valence-corrected chi connectivity index (χ2v) is 6.29. The third-order valence-electron chi connectivity index (χ3n) is 4.81. The van der Waals surface area contributed by atoms with E-state index in [-0.39, 0.29) is 11.9 Å². The number of rotatable bonds is 2. The maximum absolute atomic E-state index is 12.7. The summed E-state index contributed by atoms with van der Waals surface area (Å²) >= 11 is 0. The first-order chi connectivity index (χ1) is 9.97. The lowest BCUT2D eigenvalue weighted by Gasteiger charge is -2.18. The van der Waals surface area contributed by atoms with Crippen LogP contribution in [0.3, 0.4) is 0 Å². The van der Waals surface area contributed by atoms with Crippen LogP contribution in [0, 0.1) is 19.8 Å². The van der Waals surface area contributed by atoms with E-state index < -0.39 is 0 Å². The summed E-state index contributed by atoms with van der Waals surface area (Å²) in [4.78, 5) is 17.9. The molecule has 0 spiro atoms. The molecule has 0 aliphatic carbocycles. The zero-order valence-electron chi connectivity index (χ0n) is 12.9. The van der Waals surface area contributed by atoms with Crippen molar-refractivity contribution in [1.29, 1.82) is 0 Å². The summed E-state index contributed by atoms with van der Waals surface area (Å²) in [5, 5.41) is 1.14. The van der Waals surface area contributed by atoms with Crippen LogP contribution in [-0.4, -0.2) is 34.9 Å². The molecule has 4 nitrogen and oxygen atoms in total. The highest BCUT2D eigenvalue weighted by Crippen LogP contribution is 2.25. The maximum atomic E-state index is 12.7. The van der Waals surface area contributed by atoms with Crippen LogP contribution >= 0.6 is 0 Å². The van der Waals surface area contributed by atoms with Crippen molar-refractivity contribution >= 4 is 16.8 Å². The fourth-order valence-electron chi connectivity index (χ4n) is 3.18. The molecule has 1 aliphatic rings. The largest absolute Gasteiger partial charge is 0.358 e. The molecule has 3 rings (SSSR count). The molecule has 4 heteroatoms. The van der Waals surface area contributed by atoms with Crippen LogP contribution in [0.4, 0.5) is 0 Å². The van der Waals surface area contributed by atoms with Gasteiger partial charge < -0.3 is 15.6 Å². The molecule has 1 aromatic heterocycles. The summed E-state index contributed by atoms with van der Waals surface area (Å²) < 4.78 is 0. The van der Waals surface area contributed by atoms with Crippen LogP contribution in [0.5, 0.6) is 0 Å². The molecule has 0 radical (unpaired) electrons. The molecule has 1 aliphatic heterocycles. The van der Waals surface area contributed by atoms with Crippen LogP contribution in [-0.2, 0) is 0 Å². The fourth-order valence-corrected chi connectivity index (χ4v) is 3.18. The van der Waals surface area contributed by atoms with Crippen molar-refractivity contribution in [3.05, 3.63) is 35.0 Å². The molecule has 1 saturated heterocycles. The lowest BCUT2D eigenvalue weighted by Crippen LogP contribution is -2.32. The van der Waals surface area contributed by atoms with Gasteiger partial charge in [-0.3, -0.25) is 4.79 Å². The Kier molecular flexibility index (Phi) is 3.49. The van der Waals surface area contributed by atoms with Gasteiger partial charge in [0.15, 0.2) is 0 Å². The standard InChI is InChI=1S/C17H23N3O/c1-10-12(3)19-16-5-4-13(8-15(10)16)17(21)20-7-6-14(9-20)11(2)18/h4-5,8,11,14,19H,6-7,9,18H2,1-3H3. The van der Waals surface area contributed by atoms with E-state index in [1.807, 2.05) is 30.0 Å². The van der Waals surface area contributed by atoms with E-state index in [9.17, 15) is 4.79 Å². The Hall–Kier alpha value is -1.81. The second kappa shape index (κ2) is 5.19. The molecule has 2 unspecified atom stereocenters. The molecule has 2 aromatic rings. The minimum Gasteiger partial charge on any atom is -0.358 e. The number of benzene rings is 1. The summed E-state index contributed by atoms with van der Waals surface area (Å²) in [6.07, 6.45) is 1.01. The Balaban J connectivity index is 1.87. The van der Waals surface area contributed by atoms with Gasteiger partial charge in [0.05, 0.1) is 0 Å². The van der Waals surface area contributed by atoms with Crippen molar-refractivity contribution in [2.45, 2.75) is 33.2 Å². The lowest BCUT2D eigenvalue weighted by molar-refractivity contribution is 0.0786. The number of aryl methyl sites for hydroxylation is 2. The van der Waals surface area contributed by atoms with Crippen molar-refractivity contribution in [3.63, 3.8) is 0 Å². The van der Waals surface area contributed by atoms with Crippen molar-refractivity contribution < 1.29 is 4.79 Å². The average molecular weight is 285 g/mol. The van der Waals surface area contributed by atoms with E-state index in [1.165, 1.54) is 5.56 Å². The van der Waals surface area contributed by atoms with Gasteiger partial charge in [-0.05, 0) is 56.9 Å². The summed E-state index contributed by atoms with van der Waals surface area (Å²) in [7, 11) is 0. The van der Waals surface area contributed by atoms with Gasteiger partial charge in [-0.25, -0.2) is 0 Å². The van der Waals surface area contributed by atoms with Crippen LogP contribution in [0.2, 0.25) is 0 Å². The smallest absolute Gasteiger partial charge is 0.253 e. The van der Waals surface area contributed by atoms with Crippen molar-refractivity contribution in [1.82, 2.24) is 9.88 Å². The summed E-state index contributed by atoms with van der Waals surface area (Å²) in [5.41, 5.74) is 10.2. The minimum atomic E-state index is 0.123. The molecular weight excluding hydrogens is 262 g/mol. The van der Waals surface area contributed by atoms with Gasteiger partial charge >= 0.3 is 0 Å². The number of aromatic amines is 1. The van der Waals surface area contributed by atoms with Gasteiger partial charge in [0.25, 0.3) is 5.91 Å². The van der Waals surface area contributed by atoms with Gasteiger partial charge in [-0.1, -0.05) is 0 Å². The number of hydrogen-bond acceptors (Lipinski definition) is 2. The number of aromatic nitrogens is 1. The summed E-state index contributed by atoms with van der Waals surface area (Å²) in [6, 6.07) is 6.08. The number of hydrogen-bond donors (Lipinski definition) is 2. The molecule has 1 aromatic carbocycles. The quantitative estimate of drug-likeness (QED) is 0.891. The van der Waals surface area contributed by atoms with Gasteiger partial charge in [-0.15, -0.1) is 0 Å². The van der Waals surface area contributed by atoms with E-state index in [0.29, 0.717) is 5.92 Å². The van der Waals surface area contributed by atoms with Crippen LogP contribution < -0.4 is 5.73 Å². The molecule has 112 valence electrons. The topological polar surface area (TPSA) is 62.1 Å². The number of likely N-dealkylation sites (tertiary alicyclic amines) is 1. The Bertz CT molecular complexity index is 687. The first kappa shape index (κ1) is 14.1. The molecule has 21 heavy (non-hydrogen) atoms. The molecule has 0 bridgehead atoms. The van der Waals surface area contributed by atoms with Gasteiger partial charge in [0.2, 0.25) is 0 Å². The monoisotopic (exact) mass is 285 g/mol. The number of amides is 1. The van der Waals surface area contributed by atoms with Gasteiger partial charge in [-0.2, -0.15) is 0 Å². The van der Waals surface area contributed by atoms with Gasteiger partial charge in [0.1, 0.15) is 0 Å². The highest BCUT2D eigenvalue weighted by Gasteiger charge is 2.29. The summed E-state index contributed by atoms with van der Waals surface area (Å²) in [5.74, 6) is 0.548. The van der Waals surface area contributed by atoms with Crippen LogP contribution in [0.25, 0.3) is 10.9 Å². The normalized spacial score (nSPS) is 20.2. The number of carbonyl (C=O) groups excluding carboxylic acids is 1. The third kappa shape index (κ3) is 2.44. The lowest BCUT2D eigenvalue weighted by atomic mass is 10.0. The second-order valence-electron chi connectivity index (χ2n) is 6.29. The van der Waals surface area contributed by atoms with E-state index in [2.05, 4.69) is 18.8 Å². The molecule has 2 heterocycles. The molecule has 2 atom stereocenters. The van der Waals surface area contributed by atoms with Crippen molar-refractivity contribution in [3.8, 4) is 0 Å². The maximum Gasteiger partial charge on any atom is 0.253 e. The predicted octanol–water partition coefficient (Wildman–Crippen LogP) is 2.59. The average Bonchev–Trinajstić information content (AvgIpc) is 3.05. The highest BCUT2D eigenvalue weighted by atomic mass is 16.2. The highest BCUT2D eigenvalue weighted by molar-refractivity contribution is 5.99. The molecule has 0 saturated carbocycles. The van der Waals surface area contributed by atoms with Crippen LogP contribution in [0.15, 0.2) is 18.2 Å². The van der Waals surface area contributed by atoms with E-state index in [1.54, 1.807) is 0 Å². The Morgan fingerprint density at radius 2 is 2.19 bits per heavy atom. The van der Waals surface area contributed by atoms with Gasteiger partial charge in [0, 0.05) is 41.3 Å². The van der Waals surface area contributed by atoms with Crippen LogP contribution in [0.1, 0.15) is 35.0 Å². The third-order valence-corrected chi connectivity index (χ3v) is 4.81. The number of carbonyl (C=O) groups is 1. The zero-order valence-corrected chi connectivity index (χ0v) is 12.9. The van der Waals surface area contributed by atoms with Crippen molar-refractivity contribution in [2.24, 2.45) is 11.7 Å². The first-order valence-electron chi connectivity index (χ1n) is 7.61. The van der Waals surface area contributed by atoms with Crippen molar-refractivity contribution in [2.75, 3.05) is 13.1 Å². The number of nitrogens with zero attached hydrogens (tertiary/aromatic N) is 1. The number of nitrogens with two attached hydrogens (primary N) is 1. The number of H-pyrrole nitrogens is 1. The van der Waals surface area contributed by atoms with E-state index in [0.717, 1.165) is 41.7 Å². The Morgan fingerprint density at radius 1 is 1.43 bits per heavy atom. The zero-order chi connectivity index (χ0) is 15.1. The minimum absolute atomic E-state index is 0.123. The number of fused-ring (bicyclic) bond motifs is 1. The Labute approximate surface area is 125 Å². The summed E-state index contributed by atoms with van der Waals surface area (Å²) in [6.45, 7) is 7.76. The Morgan fingerprint density at radius 3 is 2.86 bits per heavy atom. The fraction of sp³-hybridized carbons (Fsp3) is 0.471. The number of nitrogens with one attached hydrogen (secondary N) is 1. The molecule has 1 amide bonds. The van der Waals surface area contributed by atoms with E-state index in [4.69, 9.17) is 5.73 Å². The van der Waals surface area contributed by atoms with E-state index >= 15 is 0 Å². The SMILES string of the molecule is Cc1[nH]c2ccc(C(=O)N3CCC(C(C)N)C3)cc2c1C.